The van der Waals surface area contributed by atoms with Crippen molar-refractivity contribution in [3.8, 4) is 17.2 Å². The summed E-state index contributed by atoms with van der Waals surface area (Å²) in [6.45, 7) is 1.24. The van der Waals surface area contributed by atoms with Crippen LogP contribution < -0.4 is 19.5 Å². The normalized spacial score (nSPS) is 14.4. The number of Topliss-reactive ketones (excluding diaryl/α,β-unsaturated/α-hetero) is 1. The van der Waals surface area contributed by atoms with Gasteiger partial charge in [0.25, 0.3) is 5.91 Å². The second-order valence-electron chi connectivity index (χ2n) is 6.91. The molecule has 0 radical (unpaired) electrons. The predicted molar refractivity (Wildman–Crippen MR) is 131 cm³/mol. The fraction of sp³-hybridized carbons (Fsp3) is 0.217. The second kappa shape index (κ2) is 10.5. The van der Waals surface area contributed by atoms with Gasteiger partial charge >= 0.3 is 0 Å². The Balaban J connectivity index is 1.74. The number of thioether (sulfide) groups is 1. The molecule has 172 valence electrons. The number of carbonyl (C=O) groups is 3. The van der Waals surface area contributed by atoms with Gasteiger partial charge in [-0.15, -0.1) is 0 Å². The summed E-state index contributed by atoms with van der Waals surface area (Å²) in [5, 5.41) is 2.70. The Bertz CT molecular complexity index is 1120. The Morgan fingerprint density at radius 3 is 2.18 bits per heavy atom. The van der Waals surface area contributed by atoms with E-state index in [1.165, 1.54) is 33.2 Å². The van der Waals surface area contributed by atoms with E-state index in [2.05, 4.69) is 5.32 Å². The number of benzene rings is 2. The third-order valence-electron chi connectivity index (χ3n) is 4.74. The van der Waals surface area contributed by atoms with Crippen molar-refractivity contribution in [3.63, 3.8) is 0 Å². The summed E-state index contributed by atoms with van der Waals surface area (Å²) in [5.74, 6) is 0.501. The summed E-state index contributed by atoms with van der Waals surface area (Å²) in [5.41, 5.74) is 1.71. The van der Waals surface area contributed by atoms with Crippen molar-refractivity contribution in [1.82, 2.24) is 4.90 Å². The zero-order valence-electron chi connectivity index (χ0n) is 18.5. The molecule has 8 nitrogen and oxygen atoms in total. The molecule has 2 amide bonds. The topological polar surface area (TPSA) is 94.2 Å². The fourth-order valence-electron chi connectivity index (χ4n) is 3.10. The van der Waals surface area contributed by atoms with Crippen LogP contribution in [0.3, 0.4) is 0 Å². The Morgan fingerprint density at radius 1 is 1.06 bits per heavy atom. The number of thiocarbonyl (C=S) groups is 1. The molecule has 0 atom stereocenters. The van der Waals surface area contributed by atoms with Gasteiger partial charge in [-0.1, -0.05) is 24.0 Å². The van der Waals surface area contributed by atoms with Gasteiger partial charge in [0.15, 0.2) is 17.3 Å². The van der Waals surface area contributed by atoms with Gasteiger partial charge in [0.2, 0.25) is 11.7 Å². The molecule has 0 aliphatic carbocycles. The average Bonchev–Trinajstić information content (AvgIpc) is 3.05. The fourth-order valence-corrected chi connectivity index (χ4v) is 4.36. The predicted octanol–water partition coefficient (Wildman–Crippen LogP) is 3.75. The van der Waals surface area contributed by atoms with E-state index in [-0.39, 0.29) is 22.6 Å². The average molecular weight is 487 g/mol. The molecule has 1 saturated heterocycles. The van der Waals surface area contributed by atoms with E-state index in [1.807, 2.05) is 0 Å². The highest BCUT2D eigenvalue weighted by Crippen LogP contribution is 2.40. The van der Waals surface area contributed by atoms with Crippen LogP contribution in [-0.2, 0) is 9.59 Å². The molecule has 2 aromatic rings. The smallest absolute Gasteiger partial charge is 0.266 e. The highest BCUT2D eigenvalue weighted by atomic mass is 32.2. The lowest BCUT2D eigenvalue weighted by Gasteiger charge is -2.14. The highest BCUT2D eigenvalue weighted by Gasteiger charge is 2.33. The van der Waals surface area contributed by atoms with Crippen molar-refractivity contribution in [3.05, 3.63) is 52.4 Å². The SMILES string of the molecule is COc1cc(/C=C2/SC(=S)N(CC(=O)Nc3ccc(C(C)=O)cc3)C2=O)cc(OC)c1OC. The summed E-state index contributed by atoms with van der Waals surface area (Å²) in [4.78, 5) is 38.4. The molecule has 0 aromatic heterocycles. The number of rotatable bonds is 8. The monoisotopic (exact) mass is 486 g/mol. The summed E-state index contributed by atoms with van der Waals surface area (Å²) in [6.07, 6.45) is 1.65. The lowest BCUT2D eigenvalue weighted by atomic mass is 10.1. The van der Waals surface area contributed by atoms with Crippen LogP contribution in [0, 0.1) is 0 Å². The third-order valence-corrected chi connectivity index (χ3v) is 6.11. The number of hydrogen-bond acceptors (Lipinski definition) is 8. The molecule has 10 heteroatoms. The first-order chi connectivity index (χ1) is 15.8. The van der Waals surface area contributed by atoms with Crippen molar-refractivity contribution in [2.24, 2.45) is 0 Å². The van der Waals surface area contributed by atoms with Crippen LogP contribution in [0.2, 0.25) is 0 Å². The van der Waals surface area contributed by atoms with Crippen molar-refractivity contribution in [2.75, 3.05) is 33.2 Å². The number of methoxy groups -OCH3 is 3. The zero-order chi connectivity index (χ0) is 24.1. The lowest BCUT2D eigenvalue weighted by Crippen LogP contribution is -2.36. The molecule has 1 aliphatic rings. The van der Waals surface area contributed by atoms with Gasteiger partial charge in [-0.05, 0) is 55.0 Å². The maximum absolute atomic E-state index is 12.9. The Kier molecular flexibility index (Phi) is 7.72. The number of ketones is 1. The van der Waals surface area contributed by atoms with Gasteiger partial charge < -0.3 is 19.5 Å². The highest BCUT2D eigenvalue weighted by molar-refractivity contribution is 8.26. The minimum Gasteiger partial charge on any atom is -0.493 e. The number of nitrogens with zero attached hydrogens (tertiary/aromatic N) is 1. The van der Waals surface area contributed by atoms with E-state index < -0.39 is 5.91 Å². The van der Waals surface area contributed by atoms with Crippen LogP contribution in [0.15, 0.2) is 41.3 Å². The van der Waals surface area contributed by atoms with Crippen molar-refractivity contribution in [1.29, 1.82) is 0 Å². The van der Waals surface area contributed by atoms with Gasteiger partial charge in [-0.2, -0.15) is 0 Å². The van der Waals surface area contributed by atoms with E-state index >= 15 is 0 Å². The van der Waals surface area contributed by atoms with E-state index in [4.69, 9.17) is 26.4 Å². The van der Waals surface area contributed by atoms with Crippen LogP contribution >= 0.6 is 24.0 Å². The van der Waals surface area contributed by atoms with Gasteiger partial charge in [0.1, 0.15) is 10.9 Å². The molecular weight excluding hydrogens is 464 g/mol. The van der Waals surface area contributed by atoms with Gasteiger partial charge in [0.05, 0.1) is 26.2 Å². The summed E-state index contributed by atoms with van der Waals surface area (Å²) in [6, 6.07) is 9.93. The molecule has 0 saturated carbocycles. The molecule has 1 heterocycles. The number of nitrogens with one attached hydrogen (secondary N) is 1. The van der Waals surface area contributed by atoms with Crippen LogP contribution in [0.25, 0.3) is 6.08 Å². The van der Waals surface area contributed by atoms with Crippen molar-refractivity contribution in [2.45, 2.75) is 6.92 Å². The molecule has 1 fully saturated rings. The number of carbonyl (C=O) groups excluding carboxylic acids is 3. The summed E-state index contributed by atoms with van der Waals surface area (Å²) >= 11 is 6.42. The van der Waals surface area contributed by atoms with E-state index in [1.54, 1.807) is 42.5 Å². The van der Waals surface area contributed by atoms with Crippen molar-refractivity contribution < 1.29 is 28.6 Å². The molecule has 0 bridgehead atoms. The van der Waals surface area contributed by atoms with Crippen molar-refractivity contribution >= 4 is 57.7 Å². The summed E-state index contributed by atoms with van der Waals surface area (Å²) in [7, 11) is 4.52. The molecule has 0 spiro atoms. The van der Waals surface area contributed by atoms with Gasteiger partial charge in [0, 0.05) is 11.3 Å². The van der Waals surface area contributed by atoms with Gasteiger partial charge in [-0.3, -0.25) is 19.3 Å². The van der Waals surface area contributed by atoms with Crippen LogP contribution in [0.4, 0.5) is 5.69 Å². The second-order valence-corrected chi connectivity index (χ2v) is 8.58. The summed E-state index contributed by atoms with van der Waals surface area (Å²) < 4.78 is 16.3. The van der Waals surface area contributed by atoms with Crippen LogP contribution in [-0.4, -0.2) is 54.7 Å². The standard InChI is InChI=1S/C23H22N2O6S2/c1-13(26)15-5-7-16(8-6-15)24-20(27)12-25-22(28)19(33-23(25)32)11-14-9-17(29-2)21(31-4)18(10-14)30-3/h5-11H,12H2,1-4H3,(H,24,27)/b19-11+. The van der Waals surface area contributed by atoms with E-state index in [0.717, 1.165) is 11.8 Å². The quantitative estimate of drug-likeness (QED) is 0.343. The molecule has 1 N–H and O–H groups in total. The Hall–Kier alpha value is -3.37. The van der Waals surface area contributed by atoms with Gasteiger partial charge in [-0.25, -0.2) is 0 Å². The molecule has 2 aromatic carbocycles. The third kappa shape index (κ3) is 5.52. The first-order valence-electron chi connectivity index (χ1n) is 9.73. The van der Waals surface area contributed by atoms with Crippen LogP contribution in [0.5, 0.6) is 17.2 Å². The maximum atomic E-state index is 12.9. The number of hydrogen-bond donors (Lipinski definition) is 1. The Labute approximate surface area is 200 Å². The Morgan fingerprint density at radius 2 is 1.67 bits per heavy atom. The first-order valence-corrected chi connectivity index (χ1v) is 11.0. The zero-order valence-corrected chi connectivity index (χ0v) is 20.1. The number of anilines is 1. The molecule has 0 unspecified atom stereocenters. The number of amides is 2. The lowest BCUT2D eigenvalue weighted by molar-refractivity contribution is -0.126. The van der Waals surface area contributed by atoms with Crippen LogP contribution in [0.1, 0.15) is 22.8 Å². The molecular formula is C23H22N2O6S2. The van der Waals surface area contributed by atoms with E-state index in [0.29, 0.717) is 39.0 Å². The van der Waals surface area contributed by atoms with E-state index in [9.17, 15) is 14.4 Å². The first kappa shape index (κ1) is 24.3. The number of ether oxygens (including phenoxy) is 3. The largest absolute Gasteiger partial charge is 0.493 e. The molecule has 3 rings (SSSR count). The minimum atomic E-state index is -0.407. The molecule has 1 aliphatic heterocycles. The molecule has 33 heavy (non-hydrogen) atoms. The minimum absolute atomic E-state index is 0.0654. The maximum Gasteiger partial charge on any atom is 0.266 e.